The highest BCUT2D eigenvalue weighted by Gasteiger charge is 2.28. The first-order chi connectivity index (χ1) is 22.5. The normalized spacial score (nSPS) is 19.9. The van der Waals surface area contributed by atoms with Crippen LogP contribution in [0.25, 0.3) is 0 Å². The maximum atomic E-state index is 12.7. The first-order valence-corrected chi connectivity index (χ1v) is 21.1. The molecule has 3 rings (SSSR count). The van der Waals surface area contributed by atoms with E-state index in [0.717, 1.165) is 64.0 Å². The van der Waals surface area contributed by atoms with Crippen molar-refractivity contribution in [2.75, 3.05) is 26.4 Å². The second-order valence-electron chi connectivity index (χ2n) is 13.6. The highest BCUT2D eigenvalue weighted by Crippen LogP contribution is 2.30. The van der Waals surface area contributed by atoms with Crippen molar-refractivity contribution in [1.29, 1.82) is 0 Å². The summed E-state index contributed by atoms with van der Waals surface area (Å²) in [6.45, 7) is 7.41. The molecule has 0 aliphatic carbocycles. The molecular formula is C38H65NO5S2. The van der Waals surface area contributed by atoms with Gasteiger partial charge in [0, 0.05) is 26.0 Å². The minimum atomic E-state index is -3.79. The molecule has 0 amide bonds. The topological polar surface area (TPSA) is 65.1 Å². The first kappa shape index (κ1) is 39.4. The maximum absolute atomic E-state index is 12.7. The van der Waals surface area contributed by atoms with Crippen LogP contribution in [0.3, 0.4) is 0 Å². The molecule has 0 radical (unpaired) electrons. The zero-order valence-electron chi connectivity index (χ0n) is 29.2. The number of hydrogen-bond acceptors (Lipinski definition) is 7. The second kappa shape index (κ2) is 24.1. The minimum Gasteiger partial charge on any atom is -0.379 e. The minimum absolute atomic E-state index is 0.198. The number of unbranched alkanes of at least 4 members (excludes halogenated alkanes) is 17. The summed E-state index contributed by atoms with van der Waals surface area (Å²) >= 11 is 1.39. The molecule has 1 aromatic carbocycles. The van der Waals surface area contributed by atoms with Crippen molar-refractivity contribution in [2.45, 2.75) is 165 Å². The lowest BCUT2D eigenvalue weighted by molar-refractivity contribution is 0.0153. The summed E-state index contributed by atoms with van der Waals surface area (Å²) in [5.74, 6) is 0.716. The fourth-order valence-corrected chi connectivity index (χ4v) is 8.52. The van der Waals surface area contributed by atoms with E-state index < -0.39 is 15.7 Å². The molecule has 2 aliphatic rings. The Kier molecular flexibility index (Phi) is 20.7. The molecule has 8 heteroatoms. The van der Waals surface area contributed by atoms with Crippen LogP contribution < -0.4 is 0 Å². The van der Waals surface area contributed by atoms with Crippen molar-refractivity contribution in [3.05, 3.63) is 41.4 Å². The average Bonchev–Trinajstić information content (AvgIpc) is 3.69. The lowest BCUT2D eigenvalue weighted by Crippen LogP contribution is -2.30. The molecule has 2 aliphatic heterocycles. The fraction of sp³-hybridized carbons (Fsp3) is 0.789. The Labute approximate surface area is 286 Å². The predicted octanol–water partition coefficient (Wildman–Crippen LogP) is 10.7. The molecule has 0 saturated carbocycles. The van der Waals surface area contributed by atoms with Crippen molar-refractivity contribution in [3.8, 4) is 0 Å². The van der Waals surface area contributed by atoms with Crippen molar-refractivity contribution in [3.63, 3.8) is 0 Å². The Hall–Kier alpha value is -1.06. The lowest BCUT2D eigenvalue weighted by Gasteiger charge is -2.24. The number of aryl methyl sites for hydroxylation is 1. The van der Waals surface area contributed by atoms with Gasteiger partial charge in [-0.05, 0) is 56.1 Å². The van der Waals surface area contributed by atoms with Gasteiger partial charge in [0.2, 0.25) is 5.56 Å². The molecule has 3 unspecified atom stereocenters. The van der Waals surface area contributed by atoms with Gasteiger partial charge in [0.15, 0.2) is 0 Å². The Morgan fingerprint density at radius 1 is 0.804 bits per heavy atom. The van der Waals surface area contributed by atoms with E-state index in [1.165, 1.54) is 114 Å². The molecule has 3 atom stereocenters. The number of rotatable bonds is 28. The second-order valence-corrected chi connectivity index (χ2v) is 16.1. The Morgan fingerprint density at radius 2 is 1.39 bits per heavy atom. The van der Waals surface area contributed by atoms with Crippen LogP contribution in [0.5, 0.6) is 0 Å². The summed E-state index contributed by atoms with van der Waals surface area (Å²) in [4.78, 5) is 2.17. The largest absolute Gasteiger partial charge is 0.379 e. The third-order valence-corrected chi connectivity index (χ3v) is 11.7. The fourth-order valence-electron chi connectivity index (χ4n) is 6.42. The molecule has 1 saturated heterocycles. The molecule has 0 spiro atoms. The van der Waals surface area contributed by atoms with Crippen LogP contribution in [-0.4, -0.2) is 51.3 Å². The van der Waals surface area contributed by atoms with Crippen molar-refractivity contribution in [1.82, 2.24) is 4.90 Å². The van der Waals surface area contributed by atoms with Crippen molar-refractivity contribution < 1.29 is 22.1 Å². The Morgan fingerprint density at radius 3 is 2.04 bits per heavy atom. The van der Waals surface area contributed by atoms with Gasteiger partial charge in [0.25, 0.3) is 10.1 Å². The molecule has 0 N–H and O–H groups in total. The number of benzene rings is 1. The summed E-state index contributed by atoms with van der Waals surface area (Å²) in [7, 11) is -3.79. The zero-order chi connectivity index (χ0) is 32.7. The molecule has 0 bridgehead atoms. The van der Waals surface area contributed by atoms with E-state index >= 15 is 0 Å². The number of thioether (sulfide) groups is 1. The standard InChI is InChI=1S/C38H65NO5S2/c1-3-4-5-6-7-8-9-10-11-12-13-14-15-16-19-22-35-31-36(43-32-35)33-42-29-21-18-17-20-27-39-28-30-45-38(39)44-46(40,41)37-25-23-34(2)24-26-37/h23-26,28,30,35-36,38H,3-22,27,29,31-33H2,1-2H3. The summed E-state index contributed by atoms with van der Waals surface area (Å²) in [5, 5.41) is 1.90. The van der Waals surface area contributed by atoms with E-state index in [9.17, 15) is 8.42 Å². The number of hydrogen-bond donors (Lipinski definition) is 0. The van der Waals surface area contributed by atoms with E-state index in [2.05, 4.69) is 6.92 Å². The van der Waals surface area contributed by atoms with Crippen LogP contribution in [0.4, 0.5) is 0 Å². The highest BCUT2D eigenvalue weighted by atomic mass is 32.2. The quantitative estimate of drug-likeness (QED) is 0.0645. The van der Waals surface area contributed by atoms with Crippen LogP contribution in [0.1, 0.15) is 147 Å². The van der Waals surface area contributed by atoms with Crippen molar-refractivity contribution in [2.24, 2.45) is 5.92 Å². The smallest absolute Gasteiger partial charge is 0.299 e. The van der Waals surface area contributed by atoms with Crippen LogP contribution in [0.2, 0.25) is 0 Å². The molecule has 46 heavy (non-hydrogen) atoms. The lowest BCUT2D eigenvalue weighted by atomic mass is 9.97. The SMILES string of the molecule is CCCCCCCCCCCCCCCCCC1COC(COCCCCCCN2C=CSC2OS(=O)(=O)c2ccc(C)cc2)C1. The van der Waals surface area contributed by atoms with Gasteiger partial charge < -0.3 is 14.4 Å². The van der Waals surface area contributed by atoms with Gasteiger partial charge in [-0.25, -0.2) is 4.18 Å². The van der Waals surface area contributed by atoms with Crippen LogP contribution >= 0.6 is 11.8 Å². The number of nitrogens with zero attached hydrogens (tertiary/aromatic N) is 1. The Bertz CT molecular complexity index is 1030. The van der Waals surface area contributed by atoms with Crippen molar-refractivity contribution >= 4 is 21.9 Å². The molecule has 0 aromatic heterocycles. The predicted molar refractivity (Wildman–Crippen MR) is 193 cm³/mol. The summed E-state index contributed by atoms with van der Waals surface area (Å²) in [6.07, 6.45) is 30.2. The van der Waals surface area contributed by atoms with Gasteiger partial charge in [0.05, 0.1) is 17.6 Å². The van der Waals surface area contributed by atoms with Crippen LogP contribution in [0, 0.1) is 12.8 Å². The molecule has 2 heterocycles. The van der Waals surface area contributed by atoms with Gasteiger partial charge in [-0.3, -0.25) is 0 Å². The van der Waals surface area contributed by atoms with Crippen LogP contribution in [0.15, 0.2) is 40.8 Å². The summed E-state index contributed by atoms with van der Waals surface area (Å²) < 4.78 is 42.9. The van der Waals surface area contributed by atoms with Gasteiger partial charge in [0.1, 0.15) is 0 Å². The molecular weight excluding hydrogens is 615 g/mol. The molecule has 6 nitrogen and oxygen atoms in total. The third kappa shape index (κ3) is 16.9. The molecule has 1 fully saturated rings. The van der Waals surface area contributed by atoms with E-state index in [1.807, 2.05) is 23.4 Å². The molecule has 264 valence electrons. The first-order valence-electron chi connectivity index (χ1n) is 18.7. The summed E-state index contributed by atoms with van der Waals surface area (Å²) in [5.41, 5.74) is 0.480. The number of ether oxygens (including phenoxy) is 2. The average molecular weight is 680 g/mol. The third-order valence-electron chi connectivity index (χ3n) is 9.38. The summed E-state index contributed by atoms with van der Waals surface area (Å²) in [6, 6.07) is 6.78. The van der Waals surface area contributed by atoms with E-state index in [0.29, 0.717) is 5.92 Å². The van der Waals surface area contributed by atoms with Gasteiger partial charge in [-0.2, -0.15) is 8.42 Å². The van der Waals surface area contributed by atoms with Gasteiger partial charge in [-0.15, -0.1) is 0 Å². The maximum Gasteiger partial charge on any atom is 0.299 e. The van der Waals surface area contributed by atoms with Gasteiger partial charge in [-0.1, -0.05) is 146 Å². The van der Waals surface area contributed by atoms with E-state index in [1.54, 1.807) is 24.3 Å². The molecule has 1 aromatic rings. The van der Waals surface area contributed by atoms with E-state index in [-0.39, 0.29) is 11.0 Å². The van der Waals surface area contributed by atoms with E-state index in [4.69, 9.17) is 13.7 Å². The monoisotopic (exact) mass is 679 g/mol. The zero-order valence-corrected chi connectivity index (χ0v) is 30.8. The van der Waals surface area contributed by atoms with Gasteiger partial charge >= 0.3 is 0 Å². The Balaban J connectivity index is 1.08. The van der Waals surface area contributed by atoms with Crippen LogP contribution in [-0.2, 0) is 23.8 Å². The highest BCUT2D eigenvalue weighted by molar-refractivity contribution is 8.03.